The summed E-state index contributed by atoms with van der Waals surface area (Å²) in [7, 11) is -1.89. The Hall–Kier alpha value is -1.22. The number of nitrogen functional groups attached to an aromatic ring is 1. The van der Waals surface area contributed by atoms with E-state index in [0.717, 1.165) is 12.8 Å². The Morgan fingerprint density at radius 2 is 2.20 bits per heavy atom. The zero-order valence-corrected chi connectivity index (χ0v) is 12.3. The molecule has 0 radical (unpaired) electrons. The van der Waals surface area contributed by atoms with Gasteiger partial charge in [0.15, 0.2) is 5.82 Å². The van der Waals surface area contributed by atoms with Gasteiger partial charge in [0.05, 0.1) is 0 Å². The normalized spacial score (nSPS) is 18.1. The second-order valence-electron chi connectivity index (χ2n) is 4.80. The number of piperidine rings is 1. The average Bonchev–Trinajstić information content (AvgIpc) is 2.48. The van der Waals surface area contributed by atoms with Gasteiger partial charge >= 0.3 is 0 Å². The molecule has 0 saturated carbocycles. The molecule has 1 saturated heterocycles. The van der Waals surface area contributed by atoms with Crippen molar-refractivity contribution in [2.24, 2.45) is 11.8 Å². The molecule has 2 heterocycles. The van der Waals surface area contributed by atoms with Crippen molar-refractivity contribution in [1.82, 2.24) is 9.29 Å². The van der Waals surface area contributed by atoms with Crippen molar-refractivity contribution >= 4 is 15.8 Å². The summed E-state index contributed by atoms with van der Waals surface area (Å²) < 4.78 is 31.8. The van der Waals surface area contributed by atoms with Crippen LogP contribution in [0.15, 0.2) is 23.2 Å². The van der Waals surface area contributed by atoms with Crippen molar-refractivity contribution in [2.75, 3.05) is 32.2 Å². The molecular weight excluding hydrogens is 280 g/mol. The van der Waals surface area contributed by atoms with Gasteiger partial charge in [-0.3, -0.25) is 0 Å². The molecule has 1 aromatic rings. The SMILES string of the molecule is COCC1CCN(S(=O)(=O)c2cccnc2NN)CC1. The summed E-state index contributed by atoms with van der Waals surface area (Å²) in [4.78, 5) is 4.06. The Kier molecular flexibility index (Phi) is 4.92. The summed E-state index contributed by atoms with van der Waals surface area (Å²) in [6.07, 6.45) is 3.11. The summed E-state index contributed by atoms with van der Waals surface area (Å²) >= 11 is 0. The molecule has 1 aliphatic heterocycles. The lowest BCUT2D eigenvalue weighted by Crippen LogP contribution is -2.39. The van der Waals surface area contributed by atoms with Gasteiger partial charge in [-0.05, 0) is 30.9 Å². The number of methoxy groups -OCH3 is 1. The number of ether oxygens (including phenoxy) is 1. The molecule has 0 spiro atoms. The van der Waals surface area contributed by atoms with E-state index in [1.165, 1.54) is 16.6 Å². The summed E-state index contributed by atoms with van der Waals surface area (Å²) in [6.45, 7) is 1.67. The van der Waals surface area contributed by atoms with Crippen LogP contribution in [-0.4, -0.2) is 44.5 Å². The number of aromatic nitrogens is 1. The number of anilines is 1. The van der Waals surface area contributed by atoms with E-state index >= 15 is 0 Å². The second kappa shape index (κ2) is 6.49. The van der Waals surface area contributed by atoms with E-state index in [9.17, 15) is 8.42 Å². The predicted molar refractivity (Wildman–Crippen MR) is 75.4 cm³/mol. The minimum absolute atomic E-state index is 0.118. The van der Waals surface area contributed by atoms with Crippen molar-refractivity contribution < 1.29 is 13.2 Å². The number of rotatable bonds is 5. The standard InChI is InChI=1S/C12H20N4O3S/c1-19-9-10-4-7-16(8-5-10)20(17,18)11-3-2-6-14-12(11)15-13/h2-3,6,10H,4-5,7-9,13H2,1H3,(H,14,15). The third kappa shape index (κ3) is 3.09. The van der Waals surface area contributed by atoms with Gasteiger partial charge in [-0.1, -0.05) is 0 Å². The van der Waals surface area contributed by atoms with E-state index in [1.807, 2.05) is 0 Å². The molecule has 0 aromatic carbocycles. The molecule has 0 bridgehead atoms. The Labute approximate surface area is 119 Å². The molecule has 112 valence electrons. The smallest absolute Gasteiger partial charge is 0.246 e. The summed E-state index contributed by atoms with van der Waals surface area (Å²) in [5, 5.41) is 0. The van der Waals surface area contributed by atoms with E-state index in [1.54, 1.807) is 13.2 Å². The summed E-state index contributed by atoms with van der Waals surface area (Å²) in [5.41, 5.74) is 2.33. The molecule has 0 amide bonds. The van der Waals surface area contributed by atoms with Crippen LogP contribution in [0.5, 0.6) is 0 Å². The third-order valence-corrected chi connectivity index (χ3v) is 5.43. The predicted octanol–water partition coefficient (Wildman–Crippen LogP) is 0.414. The van der Waals surface area contributed by atoms with Gasteiger partial charge in [0.2, 0.25) is 10.0 Å². The molecule has 8 heteroatoms. The lowest BCUT2D eigenvalue weighted by Gasteiger charge is -2.31. The van der Waals surface area contributed by atoms with E-state index in [0.29, 0.717) is 25.6 Å². The zero-order chi connectivity index (χ0) is 14.6. The van der Waals surface area contributed by atoms with Crippen molar-refractivity contribution in [1.29, 1.82) is 0 Å². The third-order valence-electron chi connectivity index (χ3n) is 3.50. The van der Waals surface area contributed by atoms with Crippen LogP contribution in [0.25, 0.3) is 0 Å². The zero-order valence-electron chi connectivity index (χ0n) is 11.4. The van der Waals surface area contributed by atoms with Gasteiger partial charge in [-0.2, -0.15) is 4.31 Å². The van der Waals surface area contributed by atoms with E-state index in [4.69, 9.17) is 10.6 Å². The number of nitrogens with two attached hydrogens (primary N) is 1. The molecule has 0 unspecified atom stereocenters. The highest BCUT2D eigenvalue weighted by atomic mass is 32.2. The Bertz CT molecular complexity index is 541. The summed E-state index contributed by atoms with van der Waals surface area (Å²) in [6, 6.07) is 3.10. The van der Waals surface area contributed by atoms with Crippen molar-refractivity contribution in [3.63, 3.8) is 0 Å². The largest absolute Gasteiger partial charge is 0.384 e. The fraction of sp³-hybridized carbons (Fsp3) is 0.583. The number of nitrogens with one attached hydrogen (secondary N) is 1. The Balaban J connectivity index is 2.16. The highest BCUT2D eigenvalue weighted by molar-refractivity contribution is 7.89. The highest BCUT2D eigenvalue weighted by Crippen LogP contribution is 2.26. The molecule has 2 rings (SSSR count). The lowest BCUT2D eigenvalue weighted by molar-refractivity contribution is 0.121. The lowest BCUT2D eigenvalue weighted by atomic mass is 9.99. The number of pyridine rings is 1. The second-order valence-corrected chi connectivity index (χ2v) is 6.70. The van der Waals surface area contributed by atoms with Gasteiger partial charge < -0.3 is 10.2 Å². The molecule has 0 atom stereocenters. The van der Waals surface area contributed by atoms with Crippen molar-refractivity contribution in [3.05, 3.63) is 18.3 Å². The van der Waals surface area contributed by atoms with E-state index in [-0.39, 0.29) is 10.7 Å². The maximum absolute atomic E-state index is 12.6. The molecule has 7 nitrogen and oxygen atoms in total. The minimum Gasteiger partial charge on any atom is -0.384 e. The monoisotopic (exact) mass is 300 g/mol. The molecule has 3 N–H and O–H groups in total. The van der Waals surface area contributed by atoms with Gasteiger partial charge in [0.1, 0.15) is 4.90 Å². The molecule has 20 heavy (non-hydrogen) atoms. The molecule has 1 aromatic heterocycles. The van der Waals surface area contributed by atoms with Crippen LogP contribution in [0.2, 0.25) is 0 Å². The van der Waals surface area contributed by atoms with E-state index in [2.05, 4.69) is 10.4 Å². The number of hydrogen-bond donors (Lipinski definition) is 2. The average molecular weight is 300 g/mol. The number of nitrogens with zero attached hydrogens (tertiary/aromatic N) is 2. The van der Waals surface area contributed by atoms with Crippen molar-refractivity contribution in [2.45, 2.75) is 17.7 Å². The fourth-order valence-corrected chi connectivity index (χ4v) is 3.97. The van der Waals surface area contributed by atoms with Gasteiger partial charge in [-0.15, -0.1) is 0 Å². The number of sulfonamides is 1. The van der Waals surface area contributed by atoms with E-state index < -0.39 is 10.0 Å². The minimum atomic E-state index is -3.56. The quantitative estimate of drug-likeness (QED) is 0.604. The van der Waals surface area contributed by atoms with Crippen LogP contribution in [0.3, 0.4) is 0 Å². The number of hydrogen-bond acceptors (Lipinski definition) is 6. The topological polar surface area (TPSA) is 97.5 Å². The van der Waals surface area contributed by atoms with Gasteiger partial charge in [0.25, 0.3) is 0 Å². The first-order valence-electron chi connectivity index (χ1n) is 6.50. The summed E-state index contributed by atoms with van der Waals surface area (Å²) in [5.74, 6) is 5.92. The Morgan fingerprint density at radius 3 is 2.80 bits per heavy atom. The van der Waals surface area contributed by atoms with Crippen LogP contribution >= 0.6 is 0 Å². The van der Waals surface area contributed by atoms with Crippen LogP contribution in [0, 0.1) is 5.92 Å². The van der Waals surface area contributed by atoms with Crippen LogP contribution in [-0.2, 0) is 14.8 Å². The van der Waals surface area contributed by atoms with Crippen molar-refractivity contribution in [3.8, 4) is 0 Å². The maximum atomic E-state index is 12.6. The molecule has 1 aliphatic rings. The molecule has 1 fully saturated rings. The van der Waals surface area contributed by atoms with Crippen LogP contribution in [0.4, 0.5) is 5.82 Å². The van der Waals surface area contributed by atoms with Crippen LogP contribution < -0.4 is 11.3 Å². The fourth-order valence-electron chi connectivity index (χ4n) is 2.40. The maximum Gasteiger partial charge on any atom is 0.246 e. The van der Waals surface area contributed by atoms with Crippen LogP contribution in [0.1, 0.15) is 12.8 Å². The van der Waals surface area contributed by atoms with Gasteiger partial charge in [-0.25, -0.2) is 19.2 Å². The first-order valence-corrected chi connectivity index (χ1v) is 7.94. The number of hydrazine groups is 1. The Morgan fingerprint density at radius 1 is 1.50 bits per heavy atom. The molecular formula is C12H20N4O3S. The first-order chi connectivity index (χ1) is 9.59. The molecule has 0 aliphatic carbocycles. The first kappa shape index (κ1) is 15.2. The highest BCUT2D eigenvalue weighted by Gasteiger charge is 2.31. The van der Waals surface area contributed by atoms with Gasteiger partial charge in [0, 0.05) is 33.0 Å².